The summed E-state index contributed by atoms with van der Waals surface area (Å²) in [5, 5.41) is 5.36. The second-order valence-corrected chi connectivity index (χ2v) is 7.96. The van der Waals surface area contributed by atoms with Crippen LogP contribution in [0.5, 0.6) is 5.75 Å². The molecule has 128 valence electrons. The molecule has 1 aromatic rings. The highest BCUT2D eigenvalue weighted by Crippen LogP contribution is 2.25. The van der Waals surface area contributed by atoms with Gasteiger partial charge in [0.2, 0.25) is 0 Å². The van der Waals surface area contributed by atoms with Crippen molar-refractivity contribution >= 4 is 15.9 Å². The molecule has 8 heteroatoms. The Morgan fingerprint density at radius 1 is 1.48 bits per heavy atom. The van der Waals surface area contributed by atoms with Crippen molar-refractivity contribution in [2.75, 3.05) is 25.2 Å². The fourth-order valence-electron chi connectivity index (χ4n) is 2.64. The third kappa shape index (κ3) is 4.82. The van der Waals surface area contributed by atoms with Crippen LogP contribution in [0.15, 0.2) is 18.2 Å². The highest BCUT2D eigenvalue weighted by Gasteiger charge is 2.28. The minimum Gasteiger partial charge on any atom is -0.496 e. The van der Waals surface area contributed by atoms with Crippen LogP contribution in [0.4, 0.5) is 9.18 Å². The lowest BCUT2D eigenvalue weighted by Crippen LogP contribution is -2.39. The quantitative estimate of drug-likeness (QED) is 0.850. The van der Waals surface area contributed by atoms with Crippen LogP contribution in [0.3, 0.4) is 0 Å². The van der Waals surface area contributed by atoms with Crippen LogP contribution in [-0.2, 0) is 9.84 Å². The molecule has 1 aliphatic heterocycles. The molecule has 1 aliphatic rings. The molecule has 2 N–H and O–H groups in total. The van der Waals surface area contributed by atoms with E-state index < -0.39 is 27.7 Å². The first-order chi connectivity index (χ1) is 10.8. The number of rotatable bonds is 5. The SMILES string of the molecule is COc1ccc(F)cc1[C@@H](C)NC(=O)NC[C@H]1CCS(=O)(=O)C1. The van der Waals surface area contributed by atoms with Gasteiger partial charge >= 0.3 is 6.03 Å². The van der Waals surface area contributed by atoms with Crippen LogP contribution in [0, 0.1) is 11.7 Å². The number of carbonyl (C=O) groups is 1. The number of urea groups is 1. The molecule has 0 aromatic heterocycles. The molecule has 1 saturated heterocycles. The van der Waals surface area contributed by atoms with Crippen molar-refractivity contribution in [1.82, 2.24) is 10.6 Å². The van der Waals surface area contributed by atoms with Gasteiger partial charge in [0.1, 0.15) is 11.6 Å². The zero-order valence-electron chi connectivity index (χ0n) is 13.1. The molecule has 1 aromatic carbocycles. The summed E-state index contributed by atoms with van der Waals surface area (Å²) in [4.78, 5) is 11.9. The van der Waals surface area contributed by atoms with Crippen LogP contribution in [0.2, 0.25) is 0 Å². The van der Waals surface area contributed by atoms with Gasteiger partial charge in [-0.05, 0) is 37.5 Å². The Hall–Kier alpha value is -1.83. The van der Waals surface area contributed by atoms with Gasteiger partial charge in [0, 0.05) is 12.1 Å². The summed E-state index contributed by atoms with van der Waals surface area (Å²) >= 11 is 0. The molecule has 6 nitrogen and oxygen atoms in total. The van der Waals surface area contributed by atoms with E-state index in [1.54, 1.807) is 6.92 Å². The Morgan fingerprint density at radius 2 is 2.22 bits per heavy atom. The van der Waals surface area contributed by atoms with Crippen molar-refractivity contribution in [1.29, 1.82) is 0 Å². The van der Waals surface area contributed by atoms with E-state index in [1.165, 1.54) is 25.3 Å². The number of methoxy groups -OCH3 is 1. The molecule has 2 atom stereocenters. The highest BCUT2D eigenvalue weighted by molar-refractivity contribution is 7.91. The lowest BCUT2D eigenvalue weighted by atomic mass is 10.1. The molecule has 0 unspecified atom stereocenters. The molecular formula is C15H21FN2O4S. The van der Waals surface area contributed by atoms with E-state index in [9.17, 15) is 17.6 Å². The molecule has 2 rings (SSSR count). The monoisotopic (exact) mass is 344 g/mol. The van der Waals surface area contributed by atoms with E-state index in [2.05, 4.69) is 10.6 Å². The van der Waals surface area contributed by atoms with Gasteiger partial charge in [-0.2, -0.15) is 0 Å². The standard InChI is InChI=1S/C15H21FN2O4S/c1-10(13-7-12(16)3-4-14(13)22-2)18-15(19)17-8-11-5-6-23(20,21)9-11/h3-4,7,10-11H,5-6,8-9H2,1-2H3,(H2,17,18,19)/t10-,11-/m1/s1. The van der Waals surface area contributed by atoms with Crippen molar-refractivity contribution < 1.29 is 22.3 Å². The smallest absolute Gasteiger partial charge is 0.315 e. The van der Waals surface area contributed by atoms with Crippen LogP contribution in [0.25, 0.3) is 0 Å². The lowest BCUT2D eigenvalue weighted by Gasteiger charge is -2.18. The van der Waals surface area contributed by atoms with E-state index in [4.69, 9.17) is 4.74 Å². The molecule has 1 heterocycles. The molecule has 2 amide bonds. The summed E-state index contributed by atoms with van der Waals surface area (Å²) in [6.45, 7) is 2.02. The zero-order chi connectivity index (χ0) is 17.0. The first-order valence-electron chi connectivity index (χ1n) is 7.39. The van der Waals surface area contributed by atoms with E-state index in [0.717, 1.165) is 0 Å². The fraction of sp³-hybridized carbons (Fsp3) is 0.533. The number of hydrogen-bond donors (Lipinski definition) is 2. The third-order valence-electron chi connectivity index (χ3n) is 3.88. The summed E-state index contributed by atoms with van der Waals surface area (Å²) < 4.78 is 41.3. The maximum absolute atomic E-state index is 13.4. The van der Waals surface area contributed by atoms with Crippen LogP contribution in [-0.4, -0.2) is 39.6 Å². The summed E-state index contributed by atoms with van der Waals surface area (Å²) in [5.74, 6) is 0.315. The van der Waals surface area contributed by atoms with Crippen LogP contribution < -0.4 is 15.4 Å². The van der Waals surface area contributed by atoms with Gasteiger partial charge in [-0.25, -0.2) is 17.6 Å². The Bertz CT molecular complexity index is 678. The van der Waals surface area contributed by atoms with Gasteiger partial charge in [-0.15, -0.1) is 0 Å². The number of ether oxygens (including phenoxy) is 1. The molecule has 23 heavy (non-hydrogen) atoms. The molecule has 0 aliphatic carbocycles. The maximum atomic E-state index is 13.4. The number of sulfone groups is 1. The molecule has 0 radical (unpaired) electrons. The summed E-state index contributed by atoms with van der Waals surface area (Å²) in [5.41, 5.74) is 0.533. The predicted octanol–water partition coefficient (Wildman–Crippen LogP) is 1.63. The predicted molar refractivity (Wildman–Crippen MR) is 84.7 cm³/mol. The Morgan fingerprint density at radius 3 is 2.83 bits per heavy atom. The van der Waals surface area contributed by atoms with Gasteiger partial charge in [-0.3, -0.25) is 0 Å². The highest BCUT2D eigenvalue weighted by atomic mass is 32.2. The van der Waals surface area contributed by atoms with Gasteiger partial charge < -0.3 is 15.4 Å². The van der Waals surface area contributed by atoms with Gasteiger partial charge in [0.15, 0.2) is 9.84 Å². The Balaban J connectivity index is 1.89. The first kappa shape index (κ1) is 17.5. The van der Waals surface area contributed by atoms with Gasteiger partial charge in [0.05, 0.1) is 24.7 Å². The average Bonchev–Trinajstić information content (AvgIpc) is 2.84. The van der Waals surface area contributed by atoms with E-state index in [1.807, 2.05) is 0 Å². The van der Waals surface area contributed by atoms with E-state index in [-0.39, 0.29) is 17.4 Å². The normalized spacial score (nSPS) is 20.7. The topological polar surface area (TPSA) is 84.5 Å². The van der Waals surface area contributed by atoms with E-state index in [0.29, 0.717) is 24.3 Å². The maximum Gasteiger partial charge on any atom is 0.315 e. The third-order valence-corrected chi connectivity index (χ3v) is 5.72. The van der Waals surface area contributed by atoms with E-state index >= 15 is 0 Å². The molecule has 0 saturated carbocycles. The second-order valence-electron chi connectivity index (χ2n) is 5.73. The molecule has 0 bridgehead atoms. The number of hydrogen-bond acceptors (Lipinski definition) is 4. The van der Waals surface area contributed by atoms with Crippen LogP contribution >= 0.6 is 0 Å². The van der Waals surface area contributed by atoms with Crippen molar-refractivity contribution in [2.45, 2.75) is 19.4 Å². The Labute approximate surface area is 135 Å². The second kappa shape index (κ2) is 7.16. The van der Waals surface area contributed by atoms with Crippen molar-refractivity contribution in [3.8, 4) is 5.75 Å². The zero-order valence-corrected chi connectivity index (χ0v) is 14.0. The van der Waals surface area contributed by atoms with Crippen molar-refractivity contribution in [2.24, 2.45) is 5.92 Å². The first-order valence-corrected chi connectivity index (χ1v) is 9.21. The van der Waals surface area contributed by atoms with Gasteiger partial charge in [-0.1, -0.05) is 0 Å². The summed E-state index contributed by atoms with van der Waals surface area (Å²) in [7, 11) is -1.48. The number of benzene rings is 1. The molecule has 1 fully saturated rings. The minimum atomic E-state index is -2.95. The molecule has 0 spiro atoms. The van der Waals surface area contributed by atoms with Crippen molar-refractivity contribution in [3.05, 3.63) is 29.6 Å². The summed E-state index contributed by atoms with van der Waals surface area (Å²) in [6, 6.07) is 3.23. The summed E-state index contributed by atoms with van der Waals surface area (Å²) in [6.07, 6.45) is 0.565. The lowest BCUT2D eigenvalue weighted by molar-refractivity contribution is 0.236. The largest absolute Gasteiger partial charge is 0.496 e. The number of nitrogens with one attached hydrogen (secondary N) is 2. The average molecular weight is 344 g/mol. The number of amides is 2. The minimum absolute atomic E-state index is 0.0511. The van der Waals surface area contributed by atoms with Crippen LogP contribution in [0.1, 0.15) is 24.9 Å². The van der Waals surface area contributed by atoms with Crippen molar-refractivity contribution in [3.63, 3.8) is 0 Å². The fourth-order valence-corrected chi connectivity index (χ4v) is 4.50. The Kier molecular flexibility index (Phi) is 5.46. The number of halogens is 1. The van der Waals surface area contributed by atoms with Gasteiger partial charge in [0.25, 0.3) is 0 Å². The molecular weight excluding hydrogens is 323 g/mol. The number of carbonyl (C=O) groups excluding carboxylic acids is 1.